The van der Waals surface area contributed by atoms with Gasteiger partial charge in [0.15, 0.2) is 6.29 Å². The van der Waals surface area contributed by atoms with E-state index in [1.165, 1.54) is 19.3 Å². The first kappa shape index (κ1) is 11.7. The minimum atomic E-state index is 0.361. The fourth-order valence-corrected chi connectivity index (χ4v) is 2.52. The standard InChI is InChI=1S/C12H13Cl2NO/c13-11-9(8-16)4-5-10(12(11)14)15-6-2-1-3-7-15/h4-5,8H,1-3,6-7H2. The number of piperidine rings is 1. The predicted molar refractivity (Wildman–Crippen MR) is 67.9 cm³/mol. The van der Waals surface area contributed by atoms with Crippen molar-refractivity contribution in [3.63, 3.8) is 0 Å². The number of halogens is 2. The molecule has 86 valence electrons. The molecular formula is C12H13Cl2NO. The van der Waals surface area contributed by atoms with E-state index in [1.807, 2.05) is 6.07 Å². The summed E-state index contributed by atoms with van der Waals surface area (Å²) in [6.07, 6.45) is 4.37. The van der Waals surface area contributed by atoms with Gasteiger partial charge in [-0.15, -0.1) is 0 Å². The van der Waals surface area contributed by atoms with E-state index in [0.717, 1.165) is 25.1 Å². The van der Waals surface area contributed by atoms with Crippen LogP contribution in [0.15, 0.2) is 12.1 Å². The van der Waals surface area contributed by atoms with Gasteiger partial charge in [-0.2, -0.15) is 0 Å². The molecule has 0 saturated carbocycles. The lowest BCUT2D eigenvalue weighted by Crippen LogP contribution is -2.29. The van der Waals surface area contributed by atoms with Crippen LogP contribution in [0.1, 0.15) is 29.6 Å². The van der Waals surface area contributed by atoms with Gasteiger partial charge in [-0.1, -0.05) is 23.2 Å². The van der Waals surface area contributed by atoms with Gasteiger partial charge >= 0.3 is 0 Å². The summed E-state index contributed by atoms with van der Waals surface area (Å²) in [6.45, 7) is 2.02. The molecule has 0 atom stereocenters. The molecule has 4 heteroatoms. The highest BCUT2D eigenvalue weighted by Crippen LogP contribution is 2.35. The summed E-state index contributed by atoms with van der Waals surface area (Å²) >= 11 is 12.2. The normalized spacial score (nSPS) is 16.2. The summed E-state index contributed by atoms with van der Waals surface area (Å²) in [5, 5.41) is 0.855. The van der Waals surface area contributed by atoms with Crippen molar-refractivity contribution in [2.45, 2.75) is 19.3 Å². The topological polar surface area (TPSA) is 20.3 Å². The third kappa shape index (κ3) is 2.18. The summed E-state index contributed by atoms with van der Waals surface area (Å²) in [6, 6.07) is 3.61. The number of carbonyl (C=O) groups is 1. The smallest absolute Gasteiger partial charge is 0.151 e. The second kappa shape index (κ2) is 5.07. The van der Waals surface area contributed by atoms with Gasteiger partial charge in [-0.25, -0.2) is 0 Å². The van der Waals surface area contributed by atoms with Crippen LogP contribution in [0.25, 0.3) is 0 Å². The number of benzene rings is 1. The van der Waals surface area contributed by atoms with Gasteiger partial charge < -0.3 is 4.90 Å². The van der Waals surface area contributed by atoms with Gasteiger partial charge in [0.2, 0.25) is 0 Å². The number of aldehydes is 1. The number of nitrogens with zero attached hydrogens (tertiary/aromatic N) is 1. The minimum absolute atomic E-state index is 0.361. The zero-order valence-corrected chi connectivity index (χ0v) is 10.4. The number of hydrogen-bond donors (Lipinski definition) is 0. The van der Waals surface area contributed by atoms with Crippen molar-refractivity contribution in [2.75, 3.05) is 18.0 Å². The molecule has 0 bridgehead atoms. The molecule has 0 spiro atoms. The second-order valence-electron chi connectivity index (χ2n) is 3.97. The van der Waals surface area contributed by atoms with E-state index in [2.05, 4.69) is 4.90 Å². The molecule has 0 N–H and O–H groups in total. The number of carbonyl (C=O) groups excluding carboxylic acids is 1. The first-order chi connectivity index (χ1) is 7.74. The second-order valence-corrected chi connectivity index (χ2v) is 4.72. The van der Waals surface area contributed by atoms with E-state index < -0.39 is 0 Å². The maximum atomic E-state index is 10.7. The Morgan fingerprint density at radius 3 is 2.38 bits per heavy atom. The molecule has 0 unspecified atom stereocenters. The Bertz CT molecular complexity index is 400. The zero-order valence-electron chi connectivity index (χ0n) is 8.88. The molecule has 1 heterocycles. The molecule has 1 aliphatic rings. The van der Waals surface area contributed by atoms with Crippen molar-refractivity contribution in [2.24, 2.45) is 0 Å². The summed E-state index contributed by atoms with van der Waals surface area (Å²) < 4.78 is 0. The van der Waals surface area contributed by atoms with Crippen LogP contribution in [0.2, 0.25) is 10.0 Å². The molecular weight excluding hydrogens is 245 g/mol. The number of anilines is 1. The maximum Gasteiger partial charge on any atom is 0.151 e. The number of hydrogen-bond acceptors (Lipinski definition) is 2. The molecule has 2 rings (SSSR count). The predicted octanol–water partition coefficient (Wildman–Crippen LogP) is 3.80. The molecule has 0 radical (unpaired) electrons. The lowest BCUT2D eigenvalue weighted by molar-refractivity contribution is 0.112. The minimum Gasteiger partial charge on any atom is -0.370 e. The van der Waals surface area contributed by atoms with Crippen LogP contribution in [0.4, 0.5) is 5.69 Å². The summed E-state index contributed by atoms with van der Waals surface area (Å²) in [5.41, 5.74) is 1.39. The van der Waals surface area contributed by atoms with Crippen molar-refractivity contribution < 1.29 is 4.79 Å². The molecule has 1 aromatic carbocycles. The molecule has 16 heavy (non-hydrogen) atoms. The van der Waals surface area contributed by atoms with Crippen molar-refractivity contribution >= 4 is 35.2 Å². The maximum absolute atomic E-state index is 10.7. The van der Waals surface area contributed by atoms with Gasteiger partial charge in [0.05, 0.1) is 15.7 Å². The van der Waals surface area contributed by atoms with E-state index in [4.69, 9.17) is 23.2 Å². The fourth-order valence-electron chi connectivity index (χ4n) is 2.02. The summed E-state index contributed by atoms with van der Waals surface area (Å²) in [7, 11) is 0. The molecule has 1 saturated heterocycles. The Morgan fingerprint density at radius 1 is 1.06 bits per heavy atom. The van der Waals surface area contributed by atoms with Gasteiger partial charge in [-0.3, -0.25) is 4.79 Å². The Hall–Kier alpha value is -0.730. The fraction of sp³-hybridized carbons (Fsp3) is 0.417. The summed E-state index contributed by atoms with van der Waals surface area (Å²) in [5.74, 6) is 0. The van der Waals surface area contributed by atoms with Crippen LogP contribution in [0.5, 0.6) is 0 Å². The van der Waals surface area contributed by atoms with Crippen molar-refractivity contribution in [3.05, 3.63) is 27.7 Å². The van der Waals surface area contributed by atoms with E-state index in [9.17, 15) is 4.79 Å². The van der Waals surface area contributed by atoms with Crippen LogP contribution in [-0.4, -0.2) is 19.4 Å². The quantitative estimate of drug-likeness (QED) is 0.752. The third-order valence-corrected chi connectivity index (χ3v) is 3.80. The first-order valence-corrected chi connectivity index (χ1v) is 6.18. The van der Waals surface area contributed by atoms with Gasteiger partial charge in [0, 0.05) is 18.7 Å². The molecule has 0 amide bonds. The molecule has 2 nitrogen and oxygen atoms in total. The van der Waals surface area contributed by atoms with Gasteiger partial charge in [0.25, 0.3) is 0 Å². The van der Waals surface area contributed by atoms with Crippen molar-refractivity contribution in [1.29, 1.82) is 0 Å². The van der Waals surface area contributed by atoms with E-state index >= 15 is 0 Å². The monoisotopic (exact) mass is 257 g/mol. The first-order valence-electron chi connectivity index (χ1n) is 5.42. The highest BCUT2D eigenvalue weighted by Gasteiger charge is 2.16. The van der Waals surface area contributed by atoms with E-state index in [0.29, 0.717) is 15.6 Å². The molecule has 1 aromatic rings. The lowest BCUT2D eigenvalue weighted by Gasteiger charge is -2.29. The van der Waals surface area contributed by atoms with Crippen LogP contribution in [0.3, 0.4) is 0 Å². The Labute approximate surface area is 105 Å². The SMILES string of the molecule is O=Cc1ccc(N2CCCCC2)c(Cl)c1Cl. The molecule has 1 aliphatic heterocycles. The van der Waals surface area contributed by atoms with E-state index in [-0.39, 0.29) is 0 Å². The molecule has 1 fully saturated rings. The highest BCUT2D eigenvalue weighted by atomic mass is 35.5. The lowest BCUT2D eigenvalue weighted by atomic mass is 10.1. The average molecular weight is 258 g/mol. The average Bonchev–Trinajstić information content (AvgIpc) is 2.34. The van der Waals surface area contributed by atoms with E-state index in [1.54, 1.807) is 6.07 Å². The van der Waals surface area contributed by atoms with Gasteiger partial charge in [0.1, 0.15) is 0 Å². The Balaban J connectivity index is 2.34. The van der Waals surface area contributed by atoms with Crippen LogP contribution >= 0.6 is 23.2 Å². The Kier molecular flexibility index (Phi) is 3.72. The summed E-state index contributed by atoms with van der Waals surface area (Å²) in [4.78, 5) is 12.9. The zero-order chi connectivity index (χ0) is 11.5. The van der Waals surface area contributed by atoms with Crippen molar-refractivity contribution in [3.8, 4) is 0 Å². The van der Waals surface area contributed by atoms with Crippen molar-refractivity contribution in [1.82, 2.24) is 0 Å². The molecule has 0 aromatic heterocycles. The largest absolute Gasteiger partial charge is 0.370 e. The van der Waals surface area contributed by atoms with Gasteiger partial charge in [-0.05, 0) is 31.4 Å². The van der Waals surface area contributed by atoms with Crippen LogP contribution in [0, 0.1) is 0 Å². The third-order valence-electron chi connectivity index (χ3n) is 2.92. The Morgan fingerprint density at radius 2 is 1.75 bits per heavy atom. The molecule has 0 aliphatic carbocycles. The van der Waals surface area contributed by atoms with Crippen LogP contribution in [-0.2, 0) is 0 Å². The highest BCUT2D eigenvalue weighted by molar-refractivity contribution is 6.45. The number of rotatable bonds is 2. The van der Waals surface area contributed by atoms with Crippen LogP contribution < -0.4 is 4.90 Å².